The Morgan fingerprint density at radius 1 is 0.958 bits per heavy atom. The molecular formula is C20H20FNO2. The number of ether oxygens (including phenoxy) is 1. The van der Waals surface area contributed by atoms with E-state index in [-0.39, 0.29) is 5.82 Å². The molecule has 1 heterocycles. The van der Waals surface area contributed by atoms with Crippen LogP contribution in [0.5, 0.6) is 5.75 Å². The maximum Gasteiger partial charge on any atom is 0.123 e. The van der Waals surface area contributed by atoms with Crippen LogP contribution in [-0.2, 0) is 19.6 Å². The number of hydrogen-bond acceptors (Lipinski definition) is 3. The molecule has 124 valence electrons. The molecule has 3 aromatic rings. The molecule has 3 nitrogen and oxygen atoms in total. The average Bonchev–Trinajstić information content (AvgIpc) is 3.11. The van der Waals surface area contributed by atoms with Crippen LogP contribution in [0.4, 0.5) is 4.39 Å². The van der Waals surface area contributed by atoms with E-state index in [4.69, 9.17) is 9.15 Å². The molecule has 0 bridgehead atoms. The van der Waals surface area contributed by atoms with Crippen molar-refractivity contribution in [3.05, 3.63) is 89.6 Å². The average molecular weight is 325 g/mol. The molecule has 0 aliphatic rings. The second-order valence-electron chi connectivity index (χ2n) is 5.57. The van der Waals surface area contributed by atoms with Gasteiger partial charge in [0, 0.05) is 0 Å². The summed E-state index contributed by atoms with van der Waals surface area (Å²) >= 11 is 0. The van der Waals surface area contributed by atoms with Crippen LogP contribution >= 0.6 is 0 Å². The van der Waals surface area contributed by atoms with Crippen LogP contribution in [0.1, 0.15) is 16.9 Å². The second-order valence-corrected chi connectivity index (χ2v) is 5.57. The molecule has 0 fully saturated rings. The molecule has 2 aromatic carbocycles. The van der Waals surface area contributed by atoms with Gasteiger partial charge in [-0.25, -0.2) is 4.39 Å². The molecule has 0 aliphatic heterocycles. The molecule has 0 spiro atoms. The number of hydrogen-bond donors (Lipinski definition) is 1. The third kappa shape index (κ3) is 4.96. The van der Waals surface area contributed by atoms with Crippen molar-refractivity contribution in [1.82, 2.24) is 5.32 Å². The third-order valence-electron chi connectivity index (χ3n) is 3.66. The quantitative estimate of drug-likeness (QED) is 0.626. The van der Waals surface area contributed by atoms with Gasteiger partial charge in [-0.05, 0) is 60.5 Å². The van der Waals surface area contributed by atoms with Crippen LogP contribution in [0.2, 0.25) is 0 Å². The molecule has 4 heteroatoms. The van der Waals surface area contributed by atoms with Gasteiger partial charge in [0.1, 0.15) is 23.9 Å². The van der Waals surface area contributed by atoms with Gasteiger partial charge in [-0.15, -0.1) is 0 Å². The Balaban J connectivity index is 1.46. The summed E-state index contributed by atoms with van der Waals surface area (Å²) in [7, 11) is 0. The maximum absolute atomic E-state index is 13.2. The largest absolute Gasteiger partial charge is 0.489 e. The fourth-order valence-corrected chi connectivity index (χ4v) is 2.44. The summed E-state index contributed by atoms with van der Waals surface area (Å²) in [5.41, 5.74) is 2.01. The Labute approximate surface area is 141 Å². The lowest BCUT2D eigenvalue weighted by atomic mass is 10.1. The number of halogens is 1. The SMILES string of the molecule is Fc1cccc(COc2cccc(CCNCc3ccco3)c2)c1. The first-order valence-electron chi connectivity index (χ1n) is 7.99. The van der Waals surface area contributed by atoms with Gasteiger partial charge in [-0.1, -0.05) is 24.3 Å². The van der Waals surface area contributed by atoms with Gasteiger partial charge in [0.2, 0.25) is 0 Å². The molecule has 1 N–H and O–H groups in total. The molecule has 0 unspecified atom stereocenters. The lowest BCUT2D eigenvalue weighted by molar-refractivity contribution is 0.305. The van der Waals surface area contributed by atoms with Crippen LogP contribution in [-0.4, -0.2) is 6.54 Å². The van der Waals surface area contributed by atoms with Gasteiger partial charge in [0.25, 0.3) is 0 Å². The fourth-order valence-electron chi connectivity index (χ4n) is 2.44. The van der Waals surface area contributed by atoms with Gasteiger partial charge in [0.05, 0.1) is 12.8 Å². The van der Waals surface area contributed by atoms with E-state index in [1.54, 1.807) is 12.3 Å². The van der Waals surface area contributed by atoms with E-state index >= 15 is 0 Å². The van der Waals surface area contributed by atoms with E-state index in [1.807, 2.05) is 36.4 Å². The van der Waals surface area contributed by atoms with Crippen molar-refractivity contribution in [3.8, 4) is 5.75 Å². The first-order chi connectivity index (χ1) is 11.8. The normalized spacial score (nSPS) is 10.7. The van der Waals surface area contributed by atoms with Crippen LogP contribution in [0.15, 0.2) is 71.3 Å². The molecule has 0 saturated heterocycles. The minimum Gasteiger partial charge on any atom is -0.489 e. The van der Waals surface area contributed by atoms with E-state index in [1.165, 1.54) is 17.7 Å². The highest BCUT2D eigenvalue weighted by atomic mass is 19.1. The van der Waals surface area contributed by atoms with Crippen molar-refractivity contribution in [2.75, 3.05) is 6.54 Å². The van der Waals surface area contributed by atoms with Crippen molar-refractivity contribution in [3.63, 3.8) is 0 Å². The van der Waals surface area contributed by atoms with Crippen LogP contribution in [0, 0.1) is 5.82 Å². The molecule has 3 rings (SSSR count). The van der Waals surface area contributed by atoms with Crippen LogP contribution in [0.25, 0.3) is 0 Å². The topological polar surface area (TPSA) is 34.4 Å². The first-order valence-corrected chi connectivity index (χ1v) is 7.99. The zero-order valence-corrected chi connectivity index (χ0v) is 13.4. The number of furan rings is 1. The Kier molecular flexibility index (Phi) is 5.64. The summed E-state index contributed by atoms with van der Waals surface area (Å²) in [5, 5.41) is 3.34. The number of nitrogens with one attached hydrogen (secondary N) is 1. The summed E-state index contributed by atoms with van der Waals surface area (Å²) in [6.07, 6.45) is 2.58. The summed E-state index contributed by atoms with van der Waals surface area (Å²) < 4.78 is 24.2. The lowest BCUT2D eigenvalue weighted by Gasteiger charge is -2.09. The predicted molar refractivity (Wildman–Crippen MR) is 91.3 cm³/mol. The van der Waals surface area contributed by atoms with E-state index in [0.29, 0.717) is 6.61 Å². The molecule has 0 saturated carbocycles. The zero-order valence-electron chi connectivity index (χ0n) is 13.4. The highest BCUT2D eigenvalue weighted by Crippen LogP contribution is 2.16. The minimum absolute atomic E-state index is 0.243. The first kappa shape index (κ1) is 16.3. The molecular weight excluding hydrogens is 305 g/mol. The molecule has 0 atom stereocenters. The Morgan fingerprint density at radius 2 is 1.83 bits per heavy atom. The van der Waals surface area contributed by atoms with Crippen molar-refractivity contribution < 1.29 is 13.5 Å². The molecule has 1 aromatic heterocycles. The van der Waals surface area contributed by atoms with Gasteiger partial charge in [0.15, 0.2) is 0 Å². The van der Waals surface area contributed by atoms with E-state index in [0.717, 1.165) is 36.6 Å². The second kappa shape index (κ2) is 8.31. The predicted octanol–water partition coefficient (Wildman–Crippen LogP) is 4.33. The Hall–Kier alpha value is -2.59. The standard InChI is InChI=1S/C20H20FNO2/c21-18-6-1-5-17(12-18)15-24-19-7-2-4-16(13-19)9-10-22-14-20-8-3-11-23-20/h1-8,11-13,22H,9-10,14-15H2. The Bertz CT molecular complexity index is 756. The van der Waals surface area contributed by atoms with Crippen LogP contribution in [0.3, 0.4) is 0 Å². The van der Waals surface area contributed by atoms with E-state index in [2.05, 4.69) is 11.4 Å². The summed E-state index contributed by atoms with van der Waals surface area (Å²) in [4.78, 5) is 0. The molecule has 0 aliphatic carbocycles. The monoisotopic (exact) mass is 325 g/mol. The van der Waals surface area contributed by atoms with Crippen molar-refractivity contribution in [1.29, 1.82) is 0 Å². The lowest BCUT2D eigenvalue weighted by Crippen LogP contribution is -2.16. The Morgan fingerprint density at radius 3 is 2.67 bits per heavy atom. The fraction of sp³-hybridized carbons (Fsp3) is 0.200. The maximum atomic E-state index is 13.2. The van der Waals surface area contributed by atoms with E-state index < -0.39 is 0 Å². The van der Waals surface area contributed by atoms with Crippen molar-refractivity contribution in [2.24, 2.45) is 0 Å². The summed E-state index contributed by atoms with van der Waals surface area (Å²) in [6, 6.07) is 18.3. The van der Waals surface area contributed by atoms with Crippen LogP contribution < -0.4 is 10.1 Å². The third-order valence-corrected chi connectivity index (χ3v) is 3.66. The summed E-state index contributed by atoms with van der Waals surface area (Å²) in [5.74, 6) is 1.48. The van der Waals surface area contributed by atoms with Gasteiger partial charge in [-0.2, -0.15) is 0 Å². The minimum atomic E-state index is -0.243. The number of benzene rings is 2. The number of rotatable bonds is 8. The highest BCUT2D eigenvalue weighted by Gasteiger charge is 2.00. The van der Waals surface area contributed by atoms with Gasteiger partial charge in [-0.3, -0.25) is 0 Å². The summed E-state index contributed by atoms with van der Waals surface area (Å²) in [6.45, 7) is 1.94. The molecule has 0 amide bonds. The smallest absolute Gasteiger partial charge is 0.123 e. The highest BCUT2D eigenvalue weighted by molar-refractivity contribution is 5.29. The van der Waals surface area contributed by atoms with Crippen molar-refractivity contribution in [2.45, 2.75) is 19.6 Å². The van der Waals surface area contributed by atoms with Gasteiger partial charge >= 0.3 is 0 Å². The molecule has 24 heavy (non-hydrogen) atoms. The molecule has 0 radical (unpaired) electrons. The zero-order chi connectivity index (χ0) is 16.6. The van der Waals surface area contributed by atoms with E-state index in [9.17, 15) is 4.39 Å². The van der Waals surface area contributed by atoms with Crippen molar-refractivity contribution >= 4 is 0 Å². The van der Waals surface area contributed by atoms with Gasteiger partial charge < -0.3 is 14.5 Å².